The first kappa shape index (κ1) is 9.36. The van der Waals surface area contributed by atoms with Gasteiger partial charge in [0.15, 0.2) is 5.11 Å². The van der Waals surface area contributed by atoms with Crippen molar-refractivity contribution in [3.63, 3.8) is 0 Å². The standard InChI is InChI=1S/C6H13N3S/c1-3-4-5(2)8-9-6(7)10/h3-4H2,1-2H3,(H3,7,9,10). The number of rotatable bonds is 3. The highest BCUT2D eigenvalue weighted by Crippen LogP contribution is 1.88. The number of nitrogens with one attached hydrogen (secondary N) is 1. The van der Waals surface area contributed by atoms with Crippen molar-refractivity contribution in [2.75, 3.05) is 0 Å². The molecule has 0 aromatic rings. The maximum absolute atomic E-state index is 5.15. The third-order valence-corrected chi connectivity index (χ3v) is 1.06. The van der Waals surface area contributed by atoms with Crippen LogP contribution in [0.1, 0.15) is 26.7 Å². The highest BCUT2D eigenvalue weighted by atomic mass is 32.1. The number of nitrogens with two attached hydrogens (primary N) is 1. The van der Waals surface area contributed by atoms with Gasteiger partial charge in [-0.1, -0.05) is 13.3 Å². The fourth-order valence-corrected chi connectivity index (χ4v) is 0.614. The van der Waals surface area contributed by atoms with Crippen LogP contribution in [0.25, 0.3) is 0 Å². The third kappa shape index (κ3) is 5.50. The number of hydrazone groups is 1. The van der Waals surface area contributed by atoms with Crippen LogP contribution in [0, 0.1) is 0 Å². The summed E-state index contributed by atoms with van der Waals surface area (Å²) >= 11 is 4.56. The molecule has 0 fully saturated rings. The topological polar surface area (TPSA) is 50.4 Å². The van der Waals surface area contributed by atoms with Gasteiger partial charge in [-0.05, 0) is 25.6 Å². The van der Waals surface area contributed by atoms with Crippen molar-refractivity contribution in [3.8, 4) is 0 Å². The molecule has 0 heterocycles. The Kier molecular flexibility index (Phi) is 4.84. The number of thiocarbonyl (C=S) groups is 1. The number of hydrogen-bond acceptors (Lipinski definition) is 2. The maximum Gasteiger partial charge on any atom is 0.184 e. The molecule has 0 aromatic heterocycles. The predicted molar refractivity (Wildman–Crippen MR) is 47.9 cm³/mol. The molecule has 4 heteroatoms. The molecular weight excluding hydrogens is 146 g/mol. The van der Waals surface area contributed by atoms with Gasteiger partial charge in [0.2, 0.25) is 0 Å². The molecule has 0 saturated heterocycles. The molecule has 3 nitrogen and oxygen atoms in total. The lowest BCUT2D eigenvalue weighted by molar-refractivity contribution is 0.946. The highest BCUT2D eigenvalue weighted by molar-refractivity contribution is 7.80. The van der Waals surface area contributed by atoms with Crippen LogP contribution in [-0.2, 0) is 0 Å². The molecule has 0 unspecified atom stereocenters. The zero-order chi connectivity index (χ0) is 7.98. The summed E-state index contributed by atoms with van der Waals surface area (Å²) in [5.74, 6) is 0. The second-order valence-electron chi connectivity index (χ2n) is 2.07. The van der Waals surface area contributed by atoms with E-state index in [1.54, 1.807) is 0 Å². The molecule has 0 aliphatic rings. The van der Waals surface area contributed by atoms with E-state index in [1.807, 2.05) is 6.92 Å². The lowest BCUT2D eigenvalue weighted by Crippen LogP contribution is -2.25. The quantitative estimate of drug-likeness (QED) is 0.367. The lowest BCUT2D eigenvalue weighted by Gasteiger charge is -1.97. The molecule has 0 rings (SSSR count). The summed E-state index contributed by atoms with van der Waals surface area (Å²) in [6.07, 6.45) is 2.07. The van der Waals surface area contributed by atoms with E-state index in [0.29, 0.717) is 0 Å². The molecule has 3 N–H and O–H groups in total. The Balaban J connectivity index is 3.57. The molecule has 0 saturated carbocycles. The van der Waals surface area contributed by atoms with Crippen LogP contribution in [0.15, 0.2) is 5.10 Å². The Bertz CT molecular complexity index is 142. The van der Waals surface area contributed by atoms with Crippen LogP contribution in [0.2, 0.25) is 0 Å². The van der Waals surface area contributed by atoms with Crippen molar-refractivity contribution in [1.29, 1.82) is 0 Å². The first-order chi connectivity index (χ1) is 4.66. The van der Waals surface area contributed by atoms with Crippen LogP contribution in [0.5, 0.6) is 0 Å². The molecule has 0 atom stereocenters. The highest BCUT2D eigenvalue weighted by Gasteiger charge is 1.87. The van der Waals surface area contributed by atoms with Gasteiger partial charge in [-0.25, -0.2) is 0 Å². The zero-order valence-corrected chi connectivity index (χ0v) is 7.16. The van der Waals surface area contributed by atoms with E-state index < -0.39 is 0 Å². The van der Waals surface area contributed by atoms with Crippen LogP contribution >= 0.6 is 12.2 Å². The largest absolute Gasteiger partial charge is 0.375 e. The maximum atomic E-state index is 5.15. The summed E-state index contributed by atoms with van der Waals surface area (Å²) < 4.78 is 0. The van der Waals surface area contributed by atoms with Gasteiger partial charge < -0.3 is 5.73 Å². The zero-order valence-electron chi connectivity index (χ0n) is 6.35. The monoisotopic (exact) mass is 159 g/mol. The molecule has 0 aromatic carbocycles. The summed E-state index contributed by atoms with van der Waals surface area (Å²) in [5.41, 5.74) is 8.70. The van der Waals surface area contributed by atoms with Crippen LogP contribution < -0.4 is 11.2 Å². The van der Waals surface area contributed by atoms with Gasteiger partial charge in [0.1, 0.15) is 0 Å². The summed E-state index contributed by atoms with van der Waals surface area (Å²) in [5, 5.41) is 4.13. The van der Waals surface area contributed by atoms with Crippen molar-refractivity contribution in [1.82, 2.24) is 5.43 Å². The molecule has 0 aliphatic heterocycles. The Morgan fingerprint density at radius 1 is 1.70 bits per heavy atom. The van der Waals surface area contributed by atoms with E-state index >= 15 is 0 Å². The van der Waals surface area contributed by atoms with Gasteiger partial charge in [-0.2, -0.15) is 5.10 Å². The first-order valence-electron chi connectivity index (χ1n) is 3.25. The molecule has 0 radical (unpaired) electrons. The van der Waals surface area contributed by atoms with Crippen molar-refractivity contribution in [2.45, 2.75) is 26.7 Å². The molecule has 0 spiro atoms. The van der Waals surface area contributed by atoms with Crippen molar-refractivity contribution in [2.24, 2.45) is 10.8 Å². The average Bonchev–Trinajstić information content (AvgIpc) is 1.85. The third-order valence-electron chi connectivity index (χ3n) is 0.969. The molecule has 58 valence electrons. The Hall–Kier alpha value is -0.640. The molecule has 0 amide bonds. The summed E-state index contributed by atoms with van der Waals surface area (Å²) in [4.78, 5) is 0. The second kappa shape index (κ2) is 5.17. The van der Waals surface area contributed by atoms with E-state index in [1.165, 1.54) is 0 Å². The first-order valence-corrected chi connectivity index (χ1v) is 3.66. The Labute approximate surface area is 66.7 Å². The Morgan fingerprint density at radius 2 is 2.30 bits per heavy atom. The molecule has 0 bridgehead atoms. The SMILES string of the molecule is CCCC(C)=NNC(N)=S. The molecule has 0 aliphatic carbocycles. The second-order valence-corrected chi connectivity index (χ2v) is 2.51. The summed E-state index contributed by atoms with van der Waals surface area (Å²) in [7, 11) is 0. The van der Waals surface area contributed by atoms with E-state index in [0.717, 1.165) is 18.6 Å². The Morgan fingerprint density at radius 3 is 2.70 bits per heavy atom. The summed E-state index contributed by atoms with van der Waals surface area (Å²) in [6, 6.07) is 0. The predicted octanol–water partition coefficient (Wildman–Crippen LogP) is 0.996. The lowest BCUT2D eigenvalue weighted by atomic mass is 10.2. The van der Waals surface area contributed by atoms with Crippen molar-refractivity contribution < 1.29 is 0 Å². The van der Waals surface area contributed by atoms with Gasteiger partial charge in [0.05, 0.1) is 0 Å². The number of nitrogens with zero attached hydrogens (tertiary/aromatic N) is 1. The van der Waals surface area contributed by atoms with Crippen LogP contribution in [0.4, 0.5) is 0 Å². The van der Waals surface area contributed by atoms with Gasteiger partial charge >= 0.3 is 0 Å². The molecule has 10 heavy (non-hydrogen) atoms. The van der Waals surface area contributed by atoms with Crippen LogP contribution in [-0.4, -0.2) is 10.8 Å². The van der Waals surface area contributed by atoms with Gasteiger partial charge in [0, 0.05) is 5.71 Å². The fraction of sp³-hybridized carbons (Fsp3) is 0.667. The number of hydrogen-bond donors (Lipinski definition) is 2. The average molecular weight is 159 g/mol. The van der Waals surface area contributed by atoms with Crippen LogP contribution in [0.3, 0.4) is 0 Å². The van der Waals surface area contributed by atoms with Crippen molar-refractivity contribution >= 4 is 23.0 Å². The smallest absolute Gasteiger partial charge is 0.184 e. The van der Waals surface area contributed by atoms with Gasteiger partial charge in [0.25, 0.3) is 0 Å². The molecular formula is C6H13N3S. The minimum absolute atomic E-state index is 0.218. The minimum Gasteiger partial charge on any atom is -0.375 e. The minimum atomic E-state index is 0.218. The van der Waals surface area contributed by atoms with Crippen molar-refractivity contribution in [3.05, 3.63) is 0 Å². The fourth-order valence-electron chi connectivity index (χ4n) is 0.568. The van der Waals surface area contributed by atoms with Gasteiger partial charge in [-0.15, -0.1) is 0 Å². The van der Waals surface area contributed by atoms with E-state index in [2.05, 4.69) is 29.7 Å². The summed E-state index contributed by atoms with van der Waals surface area (Å²) in [6.45, 7) is 4.04. The van der Waals surface area contributed by atoms with E-state index in [9.17, 15) is 0 Å². The van der Waals surface area contributed by atoms with E-state index in [4.69, 9.17) is 5.73 Å². The van der Waals surface area contributed by atoms with Gasteiger partial charge in [-0.3, -0.25) is 5.43 Å². The van der Waals surface area contributed by atoms with E-state index in [-0.39, 0.29) is 5.11 Å². The normalized spacial score (nSPS) is 11.2.